The molecule has 1 heterocycles. The van der Waals surface area contributed by atoms with Crippen molar-refractivity contribution >= 4 is 53.3 Å². The molecule has 36 heavy (non-hydrogen) atoms. The van der Waals surface area contributed by atoms with Crippen LogP contribution in [0.25, 0.3) is 0 Å². The monoisotopic (exact) mass is 570 g/mol. The van der Waals surface area contributed by atoms with Crippen LogP contribution in [-0.4, -0.2) is 70.4 Å². The molecule has 1 aliphatic heterocycles. The molecule has 0 aromatic heterocycles. The van der Waals surface area contributed by atoms with Crippen LogP contribution in [0.4, 0.5) is 0 Å². The molecule has 2 aromatic rings. The van der Waals surface area contributed by atoms with Gasteiger partial charge >= 0.3 is 17.8 Å². The lowest BCUT2D eigenvalue weighted by atomic mass is 10.3. The Balaban J connectivity index is 0.000000513. The first kappa shape index (κ1) is 34.7. The number of rotatable bonds is 6. The number of Topliss-reactive ketones (excluding diaryl/α,β-unsaturated/α-hetero) is 1. The highest BCUT2D eigenvalue weighted by atomic mass is 28.4. The van der Waals surface area contributed by atoms with E-state index in [1.165, 1.54) is 15.4 Å². The number of methoxy groups -OCH3 is 1. The second-order valence-corrected chi connectivity index (χ2v) is 17.8. The summed E-state index contributed by atoms with van der Waals surface area (Å²) >= 11 is 0. The summed E-state index contributed by atoms with van der Waals surface area (Å²) in [4.78, 5) is 10.2. The summed E-state index contributed by atoms with van der Waals surface area (Å²) in [5, 5.41) is 2.58. The van der Waals surface area contributed by atoms with E-state index in [2.05, 4.69) is 42.1 Å². The van der Waals surface area contributed by atoms with Crippen LogP contribution >= 0.6 is 0 Å². The molecule has 11 heteroatoms. The molecule has 0 radical (unpaired) electrons. The maximum Gasteiger partial charge on any atom is 0.348 e. The topological polar surface area (TPSA) is 72.5 Å². The second-order valence-electron chi connectivity index (χ2n) is 8.53. The molecule has 1 saturated heterocycles. The normalized spacial score (nSPS) is 16.6. The minimum absolute atomic E-state index is 0.246. The molecule has 1 aliphatic rings. The molecule has 0 aliphatic carbocycles. The summed E-state index contributed by atoms with van der Waals surface area (Å²) in [6, 6.07) is 20.5. The molecule has 0 saturated carbocycles. The summed E-state index contributed by atoms with van der Waals surface area (Å²) in [5.74, 6) is 0.343. The van der Waals surface area contributed by atoms with Crippen molar-refractivity contribution in [2.24, 2.45) is 0 Å². The number of carbonyl (C=O) groups is 1. The standard InChI is InChI=1S/C10H16O4Si2.C6H8Si.C5H10O.C4H12O2Si/c1-16(2)13-9-11-8-12-15(14-16)10-6-4-3-5-7-10;7-6-4-2-1-3-5-6;1-3-5(6)4-2;1-5-4-6-7(2)3/h3-7,15H,8-9H2,1-2H3;1-5H,7H3;3-4H2,1-2H3;7H,4H2,1-3H3. The van der Waals surface area contributed by atoms with Crippen LogP contribution in [0.2, 0.25) is 26.2 Å². The third-order valence-corrected chi connectivity index (χ3v) is 11.3. The first-order valence-electron chi connectivity index (χ1n) is 12.3. The molecule has 0 amide bonds. The summed E-state index contributed by atoms with van der Waals surface area (Å²) in [6.45, 7) is 13.0. The number of hydrogen-bond acceptors (Lipinski definition) is 7. The van der Waals surface area contributed by atoms with E-state index in [4.69, 9.17) is 22.1 Å². The van der Waals surface area contributed by atoms with Crippen LogP contribution in [0.15, 0.2) is 60.7 Å². The number of ether oxygens (including phenoxy) is 2. The van der Waals surface area contributed by atoms with Crippen molar-refractivity contribution in [1.29, 1.82) is 0 Å². The molecule has 3 rings (SSSR count). The Bertz CT molecular complexity index is 774. The van der Waals surface area contributed by atoms with Gasteiger partial charge in [-0.15, -0.1) is 0 Å². The Morgan fingerprint density at radius 3 is 1.94 bits per heavy atom. The van der Waals surface area contributed by atoms with E-state index in [-0.39, 0.29) is 13.6 Å². The maximum absolute atomic E-state index is 10.2. The minimum atomic E-state index is -2.11. The van der Waals surface area contributed by atoms with Gasteiger partial charge in [0.15, 0.2) is 9.04 Å². The van der Waals surface area contributed by atoms with E-state index in [9.17, 15) is 4.79 Å². The molecule has 1 fully saturated rings. The van der Waals surface area contributed by atoms with Crippen LogP contribution in [0.1, 0.15) is 26.7 Å². The number of ketones is 1. The highest BCUT2D eigenvalue weighted by Gasteiger charge is 2.33. The van der Waals surface area contributed by atoms with Crippen molar-refractivity contribution in [3.63, 3.8) is 0 Å². The Labute approximate surface area is 225 Å². The second kappa shape index (κ2) is 21.8. The molecule has 0 spiro atoms. The Hall–Kier alpha value is -1.26. The lowest BCUT2D eigenvalue weighted by Crippen LogP contribution is -2.50. The van der Waals surface area contributed by atoms with Gasteiger partial charge in [-0.25, -0.2) is 0 Å². The van der Waals surface area contributed by atoms with Gasteiger partial charge in [0.05, 0.1) is 0 Å². The molecule has 1 atom stereocenters. The van der Waals surface area contributed by atoms with Gasteiger partial charge in [0.2, 0.25) is 0 Å². The fraction of sp³-hybridized carbons (Fsp3) is 0.480. The molecule has 7 nitrogen and oxygen atoms in total. The third kappa shape index (κ3) is 19.9. The van der Waals surface area contributed by atoms with E-state index in [1.54, 1.807) is 7.11 Å². The molecule has 204 valence electrons. The van der Waals surface area contributed by atoms with Gasteiger partial charge in [-0.1, -0.05) is 79.7 Å². The number of benzene rings is 2. The van der Waals surface area contributed by atoms with Crippen molar-refractivity contribution in [3.05, 3.63) is 60.7 Å². The fourth-order valence-corrected chi connectivity index (χ4v) is 7.68. The first-order chi connectivity index (χ1) is 17.1. The van der Waals surface area contributed by atoms with Crippen molar-refractivity contribution < 1.29 is 31.7 Å². The highest BCUT2D eigenvalue weighted by molar-refractivity contribution is 6.76. The average Bonchev–Trinajstić information content (AvgIpc) is 2.87. The van der Waals surface area contributed by atoms with Gasteiger partial charge < -0.3 is 26.9 Å². The Kier molecular flexibility index (Phi) is 21.0. The number of carbonyl (C=O) groups excluding carboxylic acids is 1. The van der Waals surface area contributed by atoms with E-state index in [1.807, 2.05) is 63.3 Å². The maximum atomic E-state index is 10.2. The Morgan fingerprint density at radius 2 is 1.56 bits per heavy atom. The molecule has 1 unspecified atom stereocenters. The zero-order valence-corrected chi connectivity index (χ0v) is 28.6. The van der Waals surface area contributed by atoms with Crippen molar-refractivity contribution in [2.75, 3.05) is 27.5 Å². The minimum Gasteiger partial charge on any atom is -0.414 e. The molecule has 0 bridgehead atoms. The van der Waals surface area contributed by atoms with Gasteiger partial charge in [0, 0.05) is 30.2 Å². The predicted octanol–water partition coefficient (Wildman–Crippen LogP) is 2.45. The van der Waals surface area contributed by atoms with Crippen molar-refractivity contribution in [2.45, 2.75) is 52.9 Å². The summed E-state index contributed by atoms with van der Waals surface area (Å²) in [6.07, 6.45) is 1.38. The van der Waals surface area contributed by atoms with Crippen LogP contribution in [0.5, 0.6) is 0 Å². The quantitative estimate of drug-likeness (QED) is 0.390. The van der Waals surface area contributed by atoms with Crippen molar-refractivity contribution in [1.82, 2.24) is 0 Å². The zero-order valence-electron chi connectivity index (χ0n) is 23.3. The predicted molar refractivity (Wildman–Crippen MR) is 158 cm³/mol. The molecule has 0 N–H and O–H groups in total. The van der Waals surface area contributed by atoms with E-state index >= 15 is 0 Å². The molecule has 2 aromatic carbocycles. The van der Waals surface area contributed by atoms with Crippen LogP contribution in [-0.2, 0) is 31.7 Å². The SMILES string of the molecule is CCC(=O)CC.COCO[SiH](C)C.C[Si]1(C)OCOCO[SiH](c2ccccc2)O1.[SiH3]c1ccccc1. The van der Waals surface area contributed by atoms with E-state index < -0.39 is 26.9 Å². The summed E-state index contributed by atoms with van der Waals surface area (Å²) < 4.78 is 32.2. The zero-order chi connectivity index (χ0) is 27.2. The Morgan fingerprint density at radius 1 is 1.00 bits per heavy atom. The highest BCUT2D eigenvalue weighted by Crippen LogP contribution is 2.11. The third-order valence-electron chi connectivity index (χ3n) is 4.50. The lowest BCUT2D eigenvalue weighted by Gasteiger charge is -2.30. The lowest BCUT2D eigenvalue weighted by molar-refractivity contribution is -0.118. The van der Waals surface area contributed by atoms with Crippen LogP contribution in [0, 0.1) is 0 Å². The van der Waals surface area contributed by atoms with E-state index in [0.29, 0.717) is 25.4 Å². The van der Waals surface area contributed by atoms with Crippen molar-refractivity contribution in [3.8, 4) is 0 Å². The fourth-order valence-electron chi connectivity index (χ4n) is 2.42. The van der Waals surface area contributed by atoms with Gasteiger partial charge in [-0.2, -0.15) is 0 Å². The van der Waals surface area contributed by atoms with E-state index in [0.717, 1.165) is 5.19 Å². The van der Waals surface area contributed by atoms with Gasteiger partial charge in [0.25, 0.3) is 0 Å². The average molecular weight is 571 g/mol. The van der Waals surface area contributed by atoms with Gasteiger partial charge in [0.1, 0.15) is 26.2 Å². The largest absolute Gasteiger partial charge is 0.414 e. The van der Waals surface area contributed by atoms with Crippen LogP contribution in [0.3, 0.4) is 0 Å². The smallest absolute Gasteiger partial charge is 0.348 e. The number of hydrogen-bond donors (Lipinski definition) is 0. The van der Waals surface area contributed by atoms with Gasteiger partial charge in [-0.3, -0.25) is 4.79 Å². The van der Waals surface area contributed by atoms with Gasteiger partial charge in [-0.05, 0) is 31.4 Å². The van der Waals surface area contributed by atoms with Crippen LogP contribution < -0.4 is 10.4 Å². The molecular formula is C25H46O7Si4. The summed E-state index contributed by atoms with van der Waals surface area (Å²) in [5.41, 5.74) is 0. The summed E-state index contributed by atoms with van der Waals surface area (Å²) in [7, 11) is -1.98. The first-order valence-corrected chi connectivity index (χ1v) is 20.5. The molecular weight excluding hydrogens is 525 g/mol.